The van der Waals surface area contributed by atoms with Crippen molar-refractivity contribution in [2.45, 2.75) is 12.8 Å². The fraction of sp³-hybridized carbons (Fsp3) is 0.636. The number of anilines is 2. The molecule has 0 unspecified atom stereocenters. The molecule has 0 bridgehead atoms. The van der Waals surface area contributed by atoms with Crippen molar-refractivity contribution in [2.75, 3.05) is 36.1 Å². The van der Waals surface area contributed by atoms with Gasteiger partial charge in [-0.1, -0.05) is 11.3 Å². The number of hydrogen-bond acceptors (Lipinski definition) is 6. The Hall–Kier alpha value is -0.950. The molecule has 5 nitrogen and oxygen atoms in total. The van der Waals surface area contributed by atoms with Crippen molar-refractivity contribution in [3.05, 3.63) is 4.88 Å². The van der Waals surface area contributed by atoms with E-state index in [0.29, 0.717) is 21.7 Å². The average molecular weight is 286 g/mol. The number of aromatic nitrogens is 1. The van der Waals surface area contributed by atoms with Crippen LogP contribution in [0.2, 0.25) is 0 Å². The third-order valence-electron chi connectivity index (χ3n) is 2.97. The second-order valence-corrected chi connectivity index (χ2v) is 6.47. The highest BCUT2D eigenvalue weighted by Gasteiger charge is 2.18. The summed E-state index contributed by atoms with van der Waals surface area (Å²) in [5.41, 5.74) is 5.72. The van der Waals surface area contributed by atoms with Crippen molar-refractivity contribution in [1.29, 1.82) is 0 Å². The molecule has 1 amide bonds. The van der Waals surface area contributed by atoms with Crippen LogP contribution in [0.25, 0.3) is 0 Å². The highest BCUT2D eigenvalue weighted by Crippen LogP contribution is 2.25. The van der Waals surface area contributed by atoms with E-state index in [-0.39, 0.29) is 5.91 Å². The van der Waals surface area contributed by atoms with Crippen molar-refractivity contribution in [2.24, 2.45) is 5.92 Å². The first-order chi connectivity index (χ1) is 8.70. The van der Waals surface area contributed by atoms with E-state index in [4.69, 9.17) is 5.73 Å². The maximum atomic E-state index is 12.0. The molecular formula is C11H18N4OS2. The number of carbonyl (C=O) groups excluding carboxylic acids is 1. The zero-order valence-electron chi connectivity index (χ0n) is 10.4. The van der Waals surface area contributed by atoms with E-state index in [1.807, 2.05) is 11.8 Å². The molecule has 1 fully saturated rings. The van der Waals surface area contributed by atoms with Gasteiger partial charge >= 0.3 is 0 Å². The van der Waals surface area contributed by atoms with Crippen LogP contribution in [0.5, 0.6) is 0 Å². The molecule has 18 heavy (non-hydrogen) atoms. The lowest BCUT2D eigenvalue weighted by molar-refractivity contribution is 0.0951. The summed E-state index contributed by atoms with van der Waals surface area (Å²) >= 11 is 3.28. The van der Waals surface area contributed by atoms with E-state index in [1.165, 1.54) is 35.7 Å². The lowest BCUT2D eigenvalue weighted by Crippen LogP contribution is -2.30. The minimum absolute atomic E-state index is 0.107. The maximum Gasteiger partial charge on any atom is 0.265 e. The molecule has 1 saturated heterocycles. The van der Waals surface area contributed by atoms with Crippen LogP contribution in [0, 0.1) is 5.92 Å². The first-order valence-corrected chi connectivity index (χ1v) is 7.98. The zero-order chi connectivity index (χ0) is 13.0. The highest BCUT2D eigenvalue weighted by molar-refractivity contribution is 7.99. The molecule has 2 heterocycles. The second-order valence-electron chi connectivity index (χ2n) is 4.25. The van der Waals surface area contributed by atoms with Gasteiger partial charge in [0.2, 0.25) is 0 Å². The molecule has 1 aliphatic rings. The number of nitrogens with zero attached hydrogens (tertiary/aromatic N) is 1. The predicted molar refractivity (Wildman–Crippen MR) is 78.5 cm³/mol. The van der Waals surface area contributed by atoms with Gasteiger partial charge in [-0.25, -0.2) is 4.98 Å². The van der Waals surface area contributed by atoms with Crippen LogP contribution in [-0.4, -0.2) is 36.0 Å². The molecule has 1 aromatic rings. The van der Waals surface area contributed by atoms with Crippen LogP contribution in [0.3, 0.4) is 0 Å². The van der Waals surface area contributed by atoms with Crippen LogP contribution < -0.4 is 16.4 Å². The maximum absolute atomic E-state index is 12.0. The fourth-order valence-electron chi connectivity index (χ4n) is 1.87. The summed E-state index contributed by atoms with van der Waals surface area (Å²) in [6, 6.07) is 0. The molecule has 0 spiro atoms. The van der Waals surface area contributed by atoms with E-state index in [1.54, 1.807) is 7.05 Å². The molecule has 0 aliphatic carbocycles. The van der Waals surface area contributed by atoms with Crippen LogP contribution in [-0.2, 0) is 0 Å². The molecule has 0 aromatic carbocycles. The van der Waals surface area contributed by atoms with Gasteiger partial charge in [0.25, 0.3) is 5.91 Å². The number of thiazole rings is 1. The fourth-order valence-corrected chi connectivity index (χ4v) is 3.83. The number of amides is 1. The van der Waals surface area contributed by atoms with Crippen molar-refractivity contribution < 1.29 is 4.79 Å². The van der Waals surface area contributed by atoms with Crippen LogP contribution >= 0.6 is 23.1 Å². The van der Waals surface area contributed by atoms with Crippen molar-refractivity contribution >= 4 is 40.0 Å². The molecule has 2 rings (SSSR count). The molecule has 0 saturated carbocycles. The summed E-state index contributed by atoms with van der Waals surface area (Å²) in [7, 11) is 1.76. The third-order valence-corrected chi connectivity index (χ3v) is 5.10. The number of hydrogen-bond donors (Lipinski definition) is 3. The molecule has 7 heteroatoms. The number of rotatable bonds is 4. The third kappa shape index (κ3) is 3.29. The predicted octanol–water partition coefficient (Wildman–Crippen LogP) is 1.64. The Bertz CT molecular complexity index is 415. The minimum atomic E-state index is -0.107. The minimum Gasteiger partial charge on any atom is -0.382 e. The van der Waals surface area contributed by atoms with Gasteiger partial charge in [-0.2, -0.15) is 11.8 Å². The molecular weight excluding hydrogens is 268 g/mol. The first-order valence-electron chi connectivity index (χ1n) is 6.00. The van der Waals surface area contributed by atoms with E-state index in [0.717, 1.165) is 6.54 Å². The molecule has 1 aromatic heterocycles. The first kappa shape index (κ1) is 13.5. The Labute approximate surface area is 115 Å². The van der Waals surface area contributed by atoms with E-state index >= 15 is 0 Å². The zero-order valence-corrected chi connectivity index (χ0v) is 12.0. The van der Waals surface area contributed by atoms with Crippen LogP contribution in [0.15, 0.2) is 0 Å². The van der Waals surface area contributed by atoms with E-state index in [9.17, 15) is 4.79 Å². The lowest BCUT2D eigenvalue weighted by Gasteiger charge is -2.21. The molecule has 1 aliphatic heterocycles. The Kier molecular flexibility index (Phi) is 4.71. The summed E-state index contributed by atoms with van der Waals surface area (Å²) in [6.45, 7) is 0.742. The van der Waals surface area contributed by atoms with Gasteiger partial charge in [0.05, 0.1) is 0 Å². The van der Waals surface area contributed by atoms with Gasteiger partial charge in [0, 0.05) is 13.6 Å². The Morgan fingerprint density at radius 1 is 1.50 bits per heavy atom. The van der Waals surface area contributed by atoms with E-state index < -0.39 is 0 Å². The van der Waals surface area contributed by atoms with Crippen molar-refractivity contribution in [3.8, 4) is 0 Å². The topological polar surface area (TPSA) is 80.0 Å². The van der Waals surface area contributed by atoms with Gasteiger partial charge in [0.1, 0.15) is 10.7 Å². The lowest BCUT2D eigenvalue weighted by atomic mass is 10.0. The molecule has 0 radical (unpaired) electrons. The molecule has 4 N–H and O–H groups in total. The van der Waals surface area contributed by atoms with Crippen LogP contribution in [0.1, 0.15) is 22.5 Å². The Morgan fingerprint density at radius 2 is 2.22 bits per heavy atom. The summed E-state index contributed by atoms with van der Waals surface area (Å²) < 4.78 is 0. The van der Waals surface area contributed by atoms with Gasteiger partial charge in [-0.3, -0.25) is 4.79 Å². The largest absolute Gasteiger partial charge is 0.382 e. The molecule has 0 atom stereocenters. The van der Waals surface area contributed by atoms with Crippen molar-refractivity contribution in [1.82, 2.24) is 10.3 Å². The van der Waals surface area contributed by atoms with Gasteiger partial charge in [-0.15, -0.1) is 0 Å². The monoisotopic (exact) mass is 286 g/mol. The van der Waals surface area contributed by atoms with Gasteiger partial charge < -0.3 is 16.4 Å². The standard InChI is InChI=1S/C11H18N4OS2/c1-13-11-15-9(12)8(18-11)10(16)14-6-7-2-4-17-5-3-7/h7H,2-6,12H2,1H3,(H,13,15)(H,14,16). The van der Waals surface area contributed by atoms with Gasteiger partial charge in [0.15, 0.2) is 5.13 Å². The summed E-state index contributed by atoms with van der Waals surface area (Å²) in [5.74, 6) is 3.21. The smallest absolute Gasteiger partial charge is 0.265 e. The summed E-state index contributed by atoms with van der Waals surface area (Å²) in [6.07, 6.45) is 2.37. The average Bonchev–Trinajstić information content (AvgIpc) is 2.78. The number of carbonyl (C=O) groups is 1. The number of nitrogen functional groups attached to an aromatic ring is 1. The molecule has 100 valence electrons. The Morgan fingerprint density at radius 3 is 2.83 bits per heavy atom. The quantitative estimate of drug-likeness (QED) is 0.784. The SMILES string of the molecule is CNc1nc(N)c(C(=O)NCC2CCSCC2)s1. The van der Waals surface area contributed by atoms with E-state index in [2.05, 4.69) is 15.6 Å². The van der Waals surface area contributed by atoms with Crippen molar-refractivity contribution in [3.63, 3.8) is 0 Å². The number of nitrogens with two attached hydrogens (primary N) is 1. The second kappa shape index (κ2) is 6.29. The Balaban J connectivity index is 1.88. The highest BCUT2D eigenvalue weighted by atomic mass is 32.2. The normalized spacial score (nSPS) is 16.5. The van der Waals surface area contributed by atoms with Crippen LogP contribution in [0.4, 0.5) is 10.9 Å². The number of thioether (sulfide) groups is 1. The van der Waals surface area contributed by atoms with Gasteiger partial charge in [-0.05, 0) is 30.3 Å². The number of nitrogens with one attached hydrogen (secondary N) is 2. The summed E-state index contributed by atoms with van der Waals surface area (Å²) in [4.78, 5) is 16.6. The summed E-state index contributed by atoms with van der Waals surface area (Å²) in [5, 5.41) is 6.53.